The minimum absolute atomic E-state index is 0. The van der Waals surface area contributed by atoms with Crippen LogP contribution >= 0.6 is 0 Å². The average Bonchev–Trinajstić information content (AvgIpc) is 2.76. The molecule has 0 aliphatic carbocycles. The van der Waals surface area contributed by atoms with Gasteiger partial charge in [0.1, 0.15) is 24.7 Å². The number of aromatic carboxylic acids is 2. The molecule has 2 rings (SSSR count). The smallest absolute Gasteiger partial charge is 0.545 e. The predicted octanol–water partition coefficient (Wildman–Crippen LogP) is 3.03. The third kappa shape index (κ3) is 10.6. The zero-order valence-corrected chi connectivity index (χ0v) is 21.2. The molecule has 0 atom stereocenters. The molecule has 0 N–H and O–H groups in total. The number of carbonyl (C=O) groups is 2. The van der Waals surface area contributed by atoms with Gasteiger partial charge in [-0.1, -0.05) is 62.4 Å². The zero-order chi connectivity index (χ0) is 23.9. The van der Waals surface area contributed by atoms with Crippen molar-refractivity contribution in [3.8, 4) is 11.5 Å². The van der Waals surface area contributed by atoms with Crippen molar-refractivity contribution in [3.63, 3.8) is 0 Å². The largest absolute Gasteiger partial charge is 2.00 e. The number of carbonyl (C=O) groups excluding carboxylic acids is 2. The van der Waals surface area contributed by atoms with Crippen LogP contribution in [0.2, 0.25) is 0 Å². The molecule has 0 unspecified atom stereocenters. The minimum atomic E-state index is -1.17. The molecule has 2 aromatic rings. The van der Waals surface area contributed by atoms with Crippen molar-refractivity contribution in [2.45, 2.75) is 40.5 Å². The van der Waals surface area contributed by atoms with Crippen LogP contribution in [0, 0.1) is 13.8 Å². The quantitative estimate of drug-likeness (QED) is 0.397. The van der Waals surface area contributed by atoms with E-state index in [2.05, 4.69) is 0 Å². The first-order valence-corrected chi connectivity index (χ1v) is 10.5. The monoisotopic (exact) mass is 462 g/mol. The van der Waals surface area contributed by atoms with Crippen LogP contribution in [0.3, 0.4) is 0 Å². The molecule has 2 aromatic carbocycles. The standard InChI is InChI=1S/2C13H16O3.Mg/c2*1-3-4-5-9-16-12-8-6-7-11(10(12)2)13(14)15;/h2*4-8H,3,9H2,1-2H3,(H,14,15);/q;;+2/p-2/b2*5-4-;. The second-order valence-corrected chi connectivity index (χ2v) is 6.81. The molecule has 0 radical (unpaired) electrons. The van der Waals surface area contributed by atoms with Gasteiger partial charge in [-0.2, -0.15) is 0 Å². The van der Waals surface area contributed by atoms with E-state index in [-0.39, 0.29) is 34.2 Å². The summed E-state index contributed by atoms with van der Waals surface area (Å²) < 4.78 is 10.9. The molecule has 0 spiro atoms. The first kappa shape index (κ1) is 30.2. The second kappa shape index (κ2) is 16.8. The van der Waals surface area contributed by atoms with Crippen LogP contribution in [0.1, 0.15) is 58.5 Å². The topological polar surface area (TPSA) is 98.7 Å². The molecular formula is C26H30MgO6. The third-order valence-corrected chi connectivity index (χ3v) is 4.48. The van der Waals surface area contributed by atoms with E-state index in [9.17, 15) is 19.8 Å². The van der Waals surface area contributed by atoms with Gasteiger partial charge in [-0.15, -0.1) is 0 Å². The van der Waals surface area contributed by atoms with Gasteiger partial charge in [0.05, 0.1) is 11.9 Å². The molecule has 33 heavy (non-hydrogen) atoms. The molecule has 0 aromatic heterocycles. The maximum absolute atomic E-state index is 10.8. The Balaban J connectivity index is 0.000000602. The van der Waals surface area contributed by atoms with Gasteiger partial charge in [0.15, 0.2) is 0 Å². The second-order valence-electron chi connectivity index (χ2n) is 6.81. The van der Waals surface area contributed by atoms with Crippen LogP contribution in [0.25, 0.3) is 0 Å². The summed E-state index contributed by atoms with van der Waals surface area (Å²) in [7, 11) is 0. The Labute approximate surface area is 212 Å². The van der Waals surface area contributed by atoms with Gasteiger partial charge in [0, 0.05) is 22.3 Å². The first-order chi connectivity index (χ1) is 15.3. The molecule has 0 heterocycles. The Morgan fingerprint density at radius 2 is 1.09 bits per heavy atom. The summed E-state index contributed by atoms with van der Waals surface area (Å²) in [6.45, 7) is 8.40. The normalized spacial score (nSPS) is 10.3. The molecule has 0 saturated heterocycles. The summed E-state index contributed by atoms with van der Waals surface area (Å²) in [4.78, 5) is 21.5. The van der Waals surface area contributed by atoms with Gasteiger partial charge >= 0.3 is 23.1 Å². The summed E-state index contributed by atoms with van der Waals surface area (Å²) in [5.74, 6) is -1.18. The number of hydrogen-bond donors (Lipinski definition) is 0. The molecule has 0 saturated carbocycles. The average molecular weight is 463 g/mol. The number of carboxylic acids is 2. The van der Waals surface area contributed by atoms with Gasteiger partial charge in [0.2, 0.25) is 0 Å². The van der Waals surface area contributed by atoms with E-state index < -0.39 is 11.9 Å². The summed E-state index contributed by atoms with van der Waals surface area (Å²) >= 11 is 0. The third-order valence-electron chi connectivity index (χ3n) is 4.48. The molecule has 6 nitrogen and oxygen atoms in total. The van der Waals surface area contributed by atoms with E-state index in [1.54, 1.807) is 38.1 Å². The van der Waals surface area contributed by atoms with Crippen molar-refractivity contribution in [3.05, 3.63) is 83.0 Å². The van der Waals surface area contributed by atoms with E-state index in [1.807, 2.05) is 38.2 Å². The predicted molar refractivity (Wildman–Crippen MR) is 127 cm³/mol. The molecule has 0 fully saturated rings. The maximum Gasteiger partial charge on any atom is 2.00 e. The number of hydrogen-bond acceptors (Lipinski definition) is 6. The van der Waals surface area contributed by atoms with Crippen LogP contribution in [0.5, 0.6) is 11.5 Å². The Morgan fingerprint density at radius 3 is 1.39 bits per heavy atom. The molecule has 0 aliphatic heterocycles. The van der Waals surface area contributed by atoms with Crippen molar-refractivity contribution in [2.75, 3.05) is 13.2 Å². The molecule has 172 valence electrons. The van der Waals surface area contributed by atoms with Crippen LogP contribution in [0.15, 0.2) is 60.7 Å². The SMILES string of the molecule is CC/C=C\COc1cccc(C(=O)[O-])c1C.CC/C=C\COc1cccc(C(=O)[O-])c1C.[Mg+2]. The summed E-state index contributed by atoms with van der Waals surface area (Å²) in [6, 6.07) is 9.83. The van der Waals surface area contributed by atoms with Crippen molar-refractivity contribution >= 4 is 35.0 Å². The van der Waals surface area contributed by atoms with E-state index in [0.29, 0.717) is 35.8 Å². The van der Waals surface area contributed by atoms with Gasteiger partial charge < -0.3 is 29.3 Å². The first-order valence-electron chi connectivity index (χ1n) is 10.5. The van der Waals surface area contributed by atoms with Crippen molar-refractivity contribution < 1.29 is 29.3 Å². The fraction of sp³-hybridized carbons (Fsp3) is 0.308. The summed E-state index contributed by atoms with van der Waals surface area (Å²) in [6.07, 6.45) is 9.73. The van der Waals surface area contributed by atoms with Gasteiger partial charge in [-0.05, 0) is 38.8 Å². The van der Waals surface area contributed by atoms with Crippen LogP contribution in [-0.2, 0) is 0 Å². The number of allylic oxidation sites excluding steroid dienone is 2. The van der Waals surface area contributed by atoms with Gasteiger partial charge in [-0.3, -0.25) is 0 Å². The van der Waals surface area contributed by atoms with Crippen molar-refractivity contribution in [2.24, 2.45) is 0 Å². The van der Waals surface area contributed by atoms with Gasteiger partial charge in [-0.25, -0.2) is 0 Å². The Kier molecular flexibility index (Phi) is 15.4. The molecule has 0 bridgehead atoms. The van der Waals surface area contributed by atoms with Gasteiger partial charge in [0.25, 0.3) is 0 Å². The van der Waals surface area contributed by atoms with Crippen LogP contribution < -0.4 is 19.7 Å². The number of benzene rings is 2. The number of carboxylic acid groups (broad SMARTS) is 2. The minimum Gasteiger partial charge on any atom is -0.545 e. The number of ether oxygens (including phenoxy) is 2. The van der Waals surface area contributed by atoms with E-state index in [1.165, 1.54) is 12.1 Å². The number of rotatable bonds is 10. The summed E-state index contributed by atoms with van der Waals surface area (Å²) in [5, 5.41) is 21.5. The Morgan fingerprint density at radius 1 is 0.727 bits per heavy atom. The Bertz CT molecular complexity index is 872. The van der Waals surface area contributed by atoms with E-state index in [4.69, 9.17) is 9.47 Å². The fourth-order valence-electron chi connectivity index (χ4n) is 2.73. The molecule has 0 aliphatic rings. The van der Waals surface area contributed by atoms with Crippen molar-refractivity contribution in [1.29, 1.82) is 0 Å². The van der Waals surface area contributed by atoms with E-state index in [0.717, 1.165) is 12.8 Å². The Hall–Kier alpha value is -2.77. The van der Waals surface area contributed by atoms with Crippen molar-refractivity contribution in [1.82, 2.24) is 0 Å². The van der Waals surface area contributed by atoms with E-state index >= 15 is 0 Å². The van der Waals surface area contributed by atoms with Crippen LogP contribution in [0.4, 0.5) is 0 Å². The zero-order valence-electron chi connectivity index (χ0n) is 19.8. The maximum atomic E-state index is 10.8. The van der Waals surface area contributed by atoms with Crippen LogP contribution in [-0.4, -0.2) is 48.2 Å². The summed E-state index contributed by atoms with van der Waals surface area (Å²) in [5.41, 5.74) is 1.56. The fourth-order valence-corrected chi connectivity index (χ4v) is 2.73. The molecule has 7 heteroatoms. The molecule has 0 amide bonds. The molecular weight excluding hydrogens is 433 g/mol.